The average Bonchev–Trinajstić information content (AvgIpc) is 2.87. The first-order chi connectivity index (χ1) is 18.9. The zero-order chi connectivity index (χ0) is 31.4. The Morgan fingerprint density at radius 2 is 1.34 bits per heavy atom. The van der Waals surface area contributed by atoms with Gasteiger partial charge in [0.15, 0.2) is 11.5 Å². The van der Waals surface area contributed by atoms with E-state index in [0.29, 0.717) is 12.0 Å². The Balaban J connectivity index is 3.06. The van der Waals surface area contributed by atoms with Gasteiger partial charge in [-0.2, -0.15) is 0 Å². The highest BCUT2D eigenvalue weighted by Crippen LogP contribution is 2.30. The Morgan fingerprint density at radius 3 is 1.83 bits per heavy atom. The molecule has 0 saturated heterocycles. The molecule has 0 bridgehead atoms. The predicted octanol–water partition coefficient (Wildman–Crippen LogP) is 5.46. The number of carbonyl (C=O) groups excluding carboxylic acids is 4. The number of carbonyl (C=O) groups is 4. The highest BCUT2D eigenvalue weighted by atomic mass is 16.7. The summed E-state index contributed by atoms with van der Waals surface area (Å²) < 4.78 is 31.3. The number of methoxy groups -OCH3 is 1. The summed E-state index contributed by atoms with van der Waals surface area (Å²) in [5.41, 5.74) is -0.614. The molecule has 0 spiro atoms. The fourth-order valence-corrected chi connectivity index (χ4v) is 2.97. The van der Waals surface area contributed by atoms with E-state index in [1.54, 1.807) is 19.9 Å². The standard InChI is InChI=1S/C30H47NO10/c1-11-30(8,9)25(33)37-15-14-31-21(24(32)36-10)16-20-12-13-22(40-26(34)38-18-28(2,3)4)23(17-20)41-27(35)39-19-29(5,6)7/h12-13,17,21,31H,11,14-16,18-19H2,1-10H3/t21-/m0/s1. The van der Waals surface area contributed by atoms with Crippen LogP contribution in [-0.4, -0.2) is 63.8 Å². The molecule has 1 atom stereocenters. The van der Waals surface area contributed by atoms with Crippen molar-refractivity contribution in [2.24, 2.45) is 16.2 Å². The molecule has 0 radical (unpaired) electrons. The largest absolute Gasteiger partial charge is 0.513 e. The molecule has 0 aliphatic rings. The van der Waals surface area contributed by atoms with Crippen LogP contribution in [0.4, 0.5) is 9.59 Å². The molecule has 0 amide bonds. The number of esters is 2. The van der Waals surface area contributed by atoms with Crippen LogP contribution in [0.5, 0.6) is 11.5 Å². The lowest BCUT2D eigenvalue weighted by Crippen LogP contribution is -2.41. The molecule has 1 rings (SSSR count). The second-order valence-corrected chi connectivity index (χ2v) is 12.8. The van der Waals surface area contributed by atoms with Crippen LogP contribution < -0.4 is 14.8 Å². The van der Waals surface area contributed by atoms with Gasteiger partial charge in [-0.05, 0) is 55.2 Å². The van der Waals surface area contributed by atoms with Crippen LogP contribution >= 0.6 is 0 Å². The van der Waals surface area contributed by atoms with E-state index in [1.807, 2.05) is 48.5 Å². The van der Waals surface area contributed by atoms with Crippen molar-refractivity contribution in [3.05, 3.63) is 23.8 Å². The Morgan fingerprint density at radius 1 is 0.805 bits per heavy atom. The van der Waals surface area contributed by atoms with E-state index in [1.165, 1.54) is 19.2 Å². The van der Waals surface area contributed by atoms with Gasteiger partial charge in [0.25, 0.3) is 0 Å². The topological polar surface area (TPSA) is 136 Å². The van der Waals surface area contributed by atoms with E-state index in [-0.39, 0.29) is 61.1 Å². The maximum atomic E-state index is 12.5. The van der Waals surface area contributed by atoms with Gasteiger partial charge in [0.2, 0.25) is 0 Å². The number of rotatable bonds is 13. The van der Waals surface area contributed by atoms with Crippen molar-refractivity contribution < 1.29 is 47.6 Å². The molecular formula is C30H47NO10. The van der Waals surface area contributed by atoms with Gasteiger partial charge in [-0.25, -0.2) is 9.59 Å². The van der Waals surface area contributed by atoms with Gasteiger partial charge >= 0.3 is 24.2 Å². The van der Waals surface area contributed by atoms with Gasteiger partial charge in [0.05, 0.1) is 25.7 Å². The SMILES string of the molecule is CCC(C)(C)C(=O)OCCN[C@@H](Cc1ccc(OC(=O)OCC(C)(C)C)c(OC(=O)OCC(C)(C)C)c1)C(=O)OC. The van der Waals surface area contributed by atoms with Crippen LogP contribution in [0.1, 0.15) is 74.3 Å². The van der Waals surface area contributed by atoms with E-state index in [0.717, 1.165) is 0 Å². The van der Waals surface area contributed by atoms with E-state index in [9.17, 15) is 19.2 Å². The Labute approximate surface area is 243 Å². The van der Waals surface area contributed by atoms with Crippen LogP contribution in [0.3, 0.4) is 0 Å². The number of hydrogen-bond acceptors (Lipinski definition) is 11. The van der Waals surface area contributed by atoms with Crippen LogP contribution in [0, 0.1) is 16.2 Å². The van der Waals surface area contributed by atoms with Gasteiger partial charge in [-0.1, -0.05) is 54.5 Å². The normalized spacial score (nSPS) is 12.6. The van der Waals surface area contributed by atoms with E-state index >= 15 is 0 Å². The molecule has 41 heavy (non-hydrogen) atoms. The summed E-state index contributed by atoms with van der Waals surface area (Å²) in [4.78, 5) is 49.4. The van der Waals surface area contributed by atoms with E-state index in [4.69, 9.17) is 28.4 Å². The highest BCUT2D eigenvalue weighted by Gasteiger charge is 2.27. The quantitative estimate of drug-likeness (QED) is 0.138. The van der Waals surface area contributed by atoms with Gasteiger partial charge in [-0.15, -0.1) is 0 Å². The molecular weight excluding hydrogens is 534 g/mol. The fraction of sp³-hybridized carbons (Fsp3) is 0.667. The second kappa shape index (κ2) is 15.6. The lowest BCUT2D eigenvalue weighted by Gasteiger charge is -2.21. The first kappa shape index (κ1) is 35.7. The third kappa shape index (κ3) is 14.2. The van der Waals surface area contributed by atoms with Crippen molar-refractivity contribution in [1.82, 2.24) is 5.32 Å². The summed E-state index contributed by atoms with van der Waals surface area (Å²) in [6.45, 7) is 17.4. The third-order valence-electron chi connectivity index (χ3n) is 5.73. The lowest BCUT2D eigenvalue weighted by molar-refractivity contribution is -0.154. The molecule has 232 valence electrons. The number of benzene rings is 1. The molecule has 1 aromatic rings. The molecule has 0 unspecified atom stereocenters. The fourth-order valence-electron chi connectivity index (χ4n) is 2.97. The van der Waals surface area contributed by atoms with E-state index in [2.05, 4.69) is 5.32 Å². The smallest absolute Gasteiger partial charge is 0.468 e. The minimum Gasteiger partial charge on any atom is -0.468 e. The molecule has 0 saturated carbocycles. The van der Waals surface area contributed by atoms with Gasteiger partial charge in [0, 0.05) is 6.54 Å². The van der Waals surface area contributed by atoms with Crippen molar-refractivity contribution >= 4 is 24.2 Å². The Kier molecular flexibility index (Phi) is 13.6. The lowest BCUT2D eigenvalue weighted by atomic mass is 9.91. The first-order valence-corrected chi connectivity index (χ1v) is 13.7. The summed E-state index contributed by atoms with van der Waals surface area (Å²) in [6, 6.07) is 3.71. The zero-order valence-electron chi connectivity index (χ0n) is 26.1. The minimum absolute atomic E-state index is 0.0617. The molecule has 0 aliphatic carbocycles. The molecule has 11 heteroatoms. The van der Waals surface area contributed by atoms with Crippen molar-refractivity contribution in [1.29, 1.82) is 0 Å². The number of hydrogen-bond donors (Lipinski definition) is 1. The van der Waals surface area contributed by atoms with Gasteiger partial charge < -0.3 is 33.7 Å². The van der Waals surface area contributed by atoms with Gasteiger partial charge in [0.1, 0.15) is 12.6 Å². The minimum atomic E-state index is -0.982. The maximum absolute atomic E-state index is 12.5. The molecule has 1 aromatic carbocycles. The predicted molar refractivity (Wildman–Crippen MR) is 152 cm³/mol. The summed E-state index contributed by atoms with van der Waals surface area (Å²) in [7, 11) is 1.26. The van der Waals surface area contributed by atoms with Crippen molar-refractivity contribution in [3.8, 4) is 11.5 Å². The Bertz CT molecular complexity index is 1040. The summed E-state index contributed by atoms with van der Waals surface area (Å²) >= 11 is 0. The van der Waals surface area contributed by atoms with Crippen LogP contribution in [0.2, 0.25) is 0 Å². The van der Waals surface area contributed by atoms with Crippen molar-refractivity contribution in [2.45, 2.75) is 81.2 Å². The number of ether oxygens (including phenoxy) is 6. The summed E-state index contributed by atoms with van der Waals surface area (Å²) in [5.74, 6) is -1.02. The second-order valence-electron chi connectivity index (χ2n) is 12.8. The Hall–Kier alpha value is -3.34. The molecule has 0 heterocycles. The van der Waals surface area contributed by atoms with Crippen molar-refractivity contribution in [3.63, 3.8) is 0 Å². The molecule has 11 nitrogen and oxygen atoms in total. The van der Waals surface area contributed by atoms with Gasteiger partial charge in [-0.3, -0.25) is 9.59 Å². The molecule has 0 fully saturated rings. The van der Waals surface area contributed by atoms with Crippen LogP contribution in [-0.2, 0) is 35.0 Å². The average molecular weight is 582 g/mol. The molecule has 0 aliphatic heterocycles. The summed E-state index contributed by atoms with van der Waals surface area (Å²) in [5, 5.41) is 3.03. The molecule has 1 N–H and O–H groups in total. The number of nitrogens with one attached hydrogen (secondary N) is 1. The van der Waals surface area contributed by atoms with Crippen LogP contribution in [0.15, 0.2) is 18.2 Å². The van der Waals surface area contributed by atoms with Crippen molar-refractivity contribution in [2.75, 3.05) is 33.5 Å². The molecule has 0 aromatic heterocycles. The van der Waals surface area contributed by atoms with Crippen LogP contribution in [0.25, 0.3) is 0 Å². The zero-order valence-corrected chi connectivity index (χ0v) is 26.1. The highest BCUT2D eigenvalue weighted by molar-refractivity contribution is 5.77. The maximum Gasteiger partial charge on any atom is 0.513 e. The monoisotopic (exact) mass is 581 g/mol. The van der Waals surface area contributed by atoms with E-state index < -0.39 is 29.7 Å². The first-order valence-electron chi connectivity index (χ1n) is 13.7. The third-order valence-corrected chi connectivity index (χ3v) is 5.73. The summed E-state index contributed by atoms with van der Waals surface area (Å²) in [6.07, 6.45) is -1.19.